The maximum Gasteiger partial charge on any atom is 0.219 e. The van der Waals surface area contributed by atoms with Gasteiger partial charge in [-0.05, 0) is 19.3 Å². The molecule has 1 amide bonds. The molecule has 4 nitrogen and oxygen atoms in total. The third-order valence-corrected chi connectivity index (χ3v) is 3.72. The number of carbonyl (C=O) groups is 1. The van der Waals surface area contributed by atoms with E-state index >= 15 is 0 Å². The molecule has 15 heavy (non-hydrogen) atoms. The van der Waals surface area contributed by atoms with Gasteiger partial charge in [0.15, 0.2) is 0 Å². The number of nitrogens with zero attached hydrogens (tertiary/aromatic N) is 2. The highest BCUT2D eigenvalue weighted by Crippen LogP contribution is 2.23. The highest BCUT2D eigenvalue weighted by atomic mass is 16.2. The first-order valence-corrected chi connectivity index (χ1v) is 5.92. The molecular weight excluding hydrogens is 190 g/mol. The molecule has 4 heteroatoms. The van der Waals surface area contributed by atoms with Crippen molar-refractivity contribution in [3.8, 4) is 0 Å². The largest absolute Gasteiger partial charge is 0.340 e. The Kier molecular flexibility index (Phi) is 3.26. The summed E-state index contributed by atoms with van der Waals surface area (Å²) in [6.07, 6.45) is 3.54. The minimum absolute atomic E-state index is 0.206. The maximum absolute atomic E-state index is 11.2. The van der Waals surface area contributed by atoms with Crippen molar-refractivity contribution in [3.05, 3.63) is 0 Å². The van der Waals surface area contributed by atoms with E-state index in [1.807, 2.05) is 4.90 Å². The molecule has 0 aromatic carbocycles. The summed E-state index contributed by atoms with van der Waals surface area (Å²) in [5.41, 5.74) is 5.92. The molecule has 1 saturated heterocycles. The molecule has 1 heterocycles. The Morgan fingerprint density at radius 2 is 1.87 bits per heavy atom. The fraction of sp³-hybridized carbons (Fsp3) is 0.909. The third-order valence-electron chi connectivity index (χ3n) is 3.72. The van der Waals surface area contributed by atoms with Crippen molar-refractivity contribution in [2.24, 2.45) is 5.73 Å². The lowest BCUT2D eigenvalue weighted by Gasteiger charge is -2.37. The van der Waals surface area contributed by atoms with Crippen LogP contribution in [0.5, 0.6) is 0 Å². The molecule has 2 N–H and O–H groups in total. The molecule has 2 rings (SSSR count). The Bertz CT molecular complexity index is 236. The van der Waals surface area contributed by atoms with Crippen molar-refractivity contribution in [1.82, 2.24) is 9.80 Å². The summed E-state index contributed by atoms with van der Waals surface area (Å²) in [5, 5.41) is 0. The van der Waals surface area contributed by atoms with E-state index in [4.69, 9.17) is 5.73 Å². The van der Waals surface area contributed by atoms with E-state index < -0.39 is 0 Å². The molecule has 2 atom stereocenters. The summed E-state index contributed by atoms with van der Waals surface area (Å²) in [6.45, 7) is 5.48. The average Bonchev–Trinajstić information content (AvgIpc) is 2.65. The van der Waals surface area contributed by atoms with Crippen LogP contribution in [-0.2, 0) is 4.79 Å². The van der Waals surface area contributed by atoms with Gasteiger partial charge in [0.25, 0.3) is 0 Å². The normalized spacial score (nSPS) is 33.3. The highest BCUT2D eigenvalue weighted by molar-refractivity contribution is 5.73. The van der Waals surface area contributed by atoms with Crippen LogP contribution < -0.4 is 5.73 Å². The summed E-state index contributed by atoms with van der Waals surface area (Å²) in [4.78, 5) is 15.6. The lowest BCUT2D eigenvalue weighted by molar-refractivity contribution is -0.130. The van der Waals surface area contributed by atoms with Gasteiger partial charge in [-0.1, -0.05) is 0 Å². The van der Waals surface area contributed by atoms with Crippen LogP contribution in [0.4, 0.5) is 0 Å². The van der Waals surface area contributed by atoms with Gasteiger partial charge in [0.2, 0.25) is 5.91 Å². The zero-order valence-corrected chi connectivity index (χ0v) is 9.48. The van der Waals surface area contributed by atoms with E-state index in [2.05, 4.69) is 4.90 Å². The SMILES string of the molecule is CC(=O)N1CCN([C@@H]2CC[C@@H](N)C2)CC1. The molecule has 2 fully saturated rings. The van der Waals surface area contributed by atoms with Gasteiger partial charge in [0, 0.05) is 45.2 Å². The zero-order chi connectivity index (χ0) is 10.8. The number of amides is 1. The number of carbonyl (C=O) groups excluding carboxylic acids is 1. The van der Waals surface area contributed by atoms with E-state index in [1.54, 1.807) is 6.92 Å². The first kappa shape index (κ1) is 10.9. The fourth-order valence-corrected chi connectivity index (χ4v) is 2.73. The number of nitrogens with two attached hydrogens (primary N) is 1. The van der Waals surface area contributed by atoms with Crippen LogP contribution in [0.3, 0.4) is 0 Å². The number of rotatable bonds is 1. The van der Waals surface area contributed by atoms with Gasteiger partial charge >= 0.3 is 0 Å². The average molecular weight is 211 g/mol. The number of hydrogen-bond acceptors (Lipinski definition) is 3. The van der Waals surface area contributed by atoms with E-state index in [1.165, 1.54) is 6.42 Å². The Labute approximate surface area is 91.4 Å². The Hall–Kier alpha value is -0.610. The summed E-state index contributed by atoms with van der Waals surface area (Å²) in [5.74, 6) is 0.206. The van der Waals surface area contributed by atoms with Crippen LogP contribution in [0.1, 0.15) is 26.2 Å². The first-order chi connectivity index (χ1) is 7.16. The van der Waals surface area contributed by atoms with Crippen LogP contribution in [0.15, 0.2) is 0 Å². The Morgan fingerprint density at radius 1 is 1.20 bits per heavy atom. The summed E-state index contributed by atoms with van der Waals surface area (Å²) in [7, 11) is 0. The van der Waals surface area contributed by atoms with E-state index in [-0.39, 0.29) is 5.91 Å². The van der Waals surface area contributed by atoms with Gasteiger partial charge in [-0.25, -0.2) is 0 Å². The highest BCUT2D eigenvalue weighted by Gasteiger charge is 2.29. The summed E-state index contributed by atoms with van der Waals surface area (Å²) >= 11 is 0. The molecule has 0 aromatic rings. The lowest BCUT2D eigenvalue weighted by atomic mass is 10.1. The van der Waals surface area contributed by atoms with Crippen molar-refractivity contribution >= 4 is 5.91 Å². The minimum atomic E-state index is 0.206. The topological polar surface area (TPSA) is 49.6 Å². The van der Waals surface area contributed by atoms with Gasteiger partial charge in [0.05, 0.1) is 0 Å². The molecule has 0 bridgehead atoms. The molecule has 0 radical (unpaired) electrons. The Morgan fingerprint density at radius 3 is 2.33 bits per heavy atom. The van der Waals surface area contributed by atoms with Crippen molar-refractivity contribution in [2.75, 3.05) is 26.2 Å². The molecule has 2 aliphatic rings. The molecule has 0 unspecified atom stereocenters. The predicted octanol–water partition coefficient (Wildman–Crippen LogP) is 0.0303. The van der Waals surface area contributed by atoms with Crippen molar-refractivity contribution in [3.63, 3.8) is 0 Å². The van der Waals surface area contributed by atoms with Crippen molar-refractivity contribution in [2.45, 2.75) is 38.3 Å². The molecule has 0 spiro atoms. The number of piperazine rings is 1. The van der Waals surface area contributed by atoms with Crippen LogP contribution in [0.25, 0.3) is 0 Å². The quantitative estimate of drug-likeness (QED) is 0.666. The second kappa shape index (κ2) is 4.49. The van der Waals surface area contributed by atoms with Crippen molar-refractivity contribution in [1.29, 1.82) is 0 Å². The number of hydrogen-bond donors (Lipinski definition) is 1. The van der Waals surface area contributed by atoms with Gasteiger partial charge in [-0.3, -0.25) is 9.69 Å². The van der Waals surface area contributed by atoms with Gasteiger partial charge in [-0.15, -0.1) is 0 Å². The summed E-state index contributed by atoms with van der Waals surface area (Å²) in [6, 6.07) is 1.08. The predicted molar refractivity (Wildman–Crippen MR) is 59.4 cm³/mol. The van der Waals surface area contributed by atoms with Gasteiger partial charge in [-0.2, -0.15) is 0 Å². The van der Waals surface area contributed by atoms with E-state index in [0.29, 0.717) is 12.1 Å². The molecule has 0 aromatic heterocycles. The smallest absolute Gasteiger partial charge is 0.219 e. The molecule has 86 valence electrons. The van der Waals surface area contributed by atoms with Gasteiger partial charge < -0.3 is 10.6 Å². The fourth-order valence-electron chi connectivity index (χ4n) is 2.73. The molecule has 1 saturated carbocycles. The lowest BCUT2D eigenvalue weighted by Crippen LogP contribution is -2.51. The maximum atomic E-state index is 11.2. The summed E-state index contributed by atoms with van der Waals surface area (Å²) < 4.78 is 0. The van der Waals surface area contributed by atoms with Crippen LogP contribution in [-0.4, -0.2) is 54.0 Å². The van der Waals surface area contributed by atoms with Crippen LogP contribution in [0, 0.1) is 0 Å². The Balaban J connectivity index is 1.80. The second-order valence-corrected chi connectivity index (χ2v) is 4.77. The zero-order valence-electron chi connectivity index (χ0n) is 9.48. The third kappa shape index (κ3) is 2.49. The first-order valence-electron chi connectivity index (χ1n) is 5.92. The molecule has 1 aliphatic carbocycles. The molecule has 1 aliphatic heterocycles. The van der Waals surface area contributed by atoms with Crippen molar-refractivity contribution < 1.29 is 4.79 Å². The van der Waals surface area contributed by atoms with Crippen LogP contribution >= 0.6 is 0 Å². The van der Waals surface area contributed by atoms with Gasteiger partial charge in [0.1, 0.15) is 0 Å². The monoisotopic (exact) mass is 211 g/mol. The molecular formula is C11H21N3O. The van der Waals surface area contributed by atoms with E-state index in [9.17, 15) is 4.79 Å². The standard InChI is InChI=1S/C11H21N3O/c1-9(15)13-4-6-14(7-5-13)11-3-2-10(12)8-11/h10-11H,2-8,12H2,1H3/t10-,11-/m1/s1. The van der Waals surface area contributed by atoms with Crippen LogP contribution in [0.2, 0.25) is 0 Å². The minimum Gasteiger partial charge on any atom is -0.340 e. The van der Waals surface area contributed by atoms with E-state index in [0.717, 1.165) is 39.0 Å². The second-order valence-electron chi connectivity index (χ2n) is 4.77.